The number of nitrogens with zero attached hydrogens (tertiary/aromatic N) is 3. The lowest BCUT2D eigenvalue weighted by molar-refractivity contribution is 0.425. The minimum atomic E-state index is -1.47. The molecule has 5 nitrogen and oxygen atoms in total. The number of hydrogen-bond donors (Lipinski definition) is 2. The topological polar surface area (TPSA) is 51.9 Å². The largest absolute Gasteiger partial charge is 0.488 e. The molecule has 0 unspecified atom stereocenters. The van der Waals surface area contributed by atoms with Crippen molar-refractivity contribution in [3.8, 4) is 39.1 Å². The third-order valence-corrected chi connectivity index (χ3v) is 21.0. The predicted octanol–water partition coefficient (Wildman–Crippen LogP) is 19.3. The third-order valence-electron chi connectivity index (χ3n) is 21.0. The van der Waals surface area contributed by atoms with Gasteiger partial charge in [-0.3, -0.25) is 0 Å². The van der Waals surface area contributed by atoms with Crippen molar-refractivity contribution in [3.05, 3.63) is 286 Å². The molecular formula is C81H70BN3O2. The van der Waals surface area contributed by atoms with E-state index < -0.39 is 7.12 Å². The lowest BCUT2D eigenvalue weighted by Crippen LogP contribution is -2.39. The summed E-state index contributed by atoms with van der Waals surface area (Å²) in [5, 5.41) is 22.0. The molecule has 0 atom stereocenters. The Hall–Kier alpha value is -9.20. The van der Waals surface area contributed by atoms with Crippen LogP contribution >= 0.6 is 0 Å². The second-order valence-corrected chi connectivity index (χ2v) is 27.6. The first-order chi connectivity index (χ1) is 41.8. The standard InChI is InChI=1S/C57H46N2.C24H24BNO2/c1-55(2)44-18-11-10-17-40(44)41-33-43-42-31-37(25-29-50(42)58(53(43)34-48(41)55)39-27-23-36(24-28-39)35-15-8-7-9-16-35)38-26-30-52-49(32-38)57(5,6)47-21-14-20-46-54(47)59(52)51-22-13-12-19-45(51)56(46,3)4;1-23(2)16-8-5-6-11-20(16)26-21-13-12-15(25(27)28)14-19(21)24(3,4)18-10-7-9-17(23)22(18)26/h7-34H,1-6H3;5-14,27-28H,1-4H3. The molecule has 5 aliphatic rings. The summed E-state index contributed by atoms with van der Waals surface area (Å²) >= 11 is 0. The molecule has 6 heteroatoms. The van der Waals surface area contributed by atoms with Gasteiger partial charge in [0.1, 0.15) is 0 Å². The SMILES string of the molecule is CC1(C)c2ccccc2-c2cc3c4cc(-c5ccc6c(c5)C(C)(C)c5cccc7c5N6c5ccccc5C7(C)C)ccc4n(-c4ccc(-c5ccccc5)cc4)c3cc21.CC1(C)c2ccccc2N2c3ccc(B(O)O)cc3C(C)(C)c3cccc1c32. The van der Waals surface area contributed by atoms with E-state index in [1.807, 2.05) is 18.2 Å². The number of anilines is 6. The molecule has 0 saturated heterocycles. The van der Waals surface area contributed by atoms with Crippen LogP contribution in [0.2, 0.25) is 0 Å². The van der Waals surface area contributed by atoms with Gasteiger partial charge in [-0.05, 0) is 161 Å². The molecule has 0 bridgehead atoms. The molecule has 0 amide bonds. The van der Waals surface area contributed by atoms with Gasteiger partial charge in [-0.2, -0.15) is 0 Å². The predicted molar refractivity (Wildman–Crippen MR) is 363 cm³/mol. The summed E-state index contributed by atoms with van der Waals surface area (Å²) in [4.78, 5) is 4.91. The third kappa shape index (κ3) is 7.41. The van der Waals surface area contributed by atoms with Crippen LogP contribution in [0, 0.1) is 0 Å². The van der Waals surface area contributed by atoms with E-state index in [0.717, 1.165) is 11.3 Å². The van der Waals surface area contributed by atoms with Gasteiger partial charge in [-0.15, -0.1) is 0 Å². The molecule has 5 heterocycles. The molecule has 2 N–H and O–H groups in total. The monoisotopic (exact) mass is 1130 g/mol. The molecule has 1 aliphatic carbocycles. The van der Waals surface area contributed by atoms with E-state index >= 15 is 0 Å². The molecule has 0 spiro atoms. The van der Waals surface area contributed by atoms with Crippen LogP contribution in [0.4, 0.5) is 34.1 Å². The van der Waals surface area contributed by atoms with Crippen molar-refractivity contribution in [2.75, 3.05) is 9.80 Å². The van der Waals surface area contributed by atoms with Crippen LogP contribution in [0.1, 0.15) is 125 Å². The van der Waals surface area contributed by atoms with E-state index in [4.69, 9.17) is 0 Å². The Labute approximate surface area is 511 Å². The van der Waals surface area contributed by atoms with Crippen LogP contribution in [-0.2, 0) is 27.1 Å². The van der Waals surface area contributed by atoms with E-state index in [1.165, 1.54) is 139 Å². The normalized spacial score (nSPS) is 16.5. The molecule has 1 aromatic heterocycles. The smallest absolute Gasteiger partial charge is 0.423 e. The zero-order valence-corrected chi connectivity index (χ0v) is 51.3. The van der Waals surface area contributed by atoms with Gasteiger partial charge in [0.25, 0.3) is 0 Å². The molecule has 17 rings (SSSR count). The van der Waals surface area contributed by atoms with Gasteiger partial charge >= 0.3 is 7.12 Å². The maximum atomic E-state index is 9.74. The van der Waals surface area contributed by atoms with Crippen molar-refractivity contribution < 1.29 is 10.0 Å². The Morgan fingerprint density at radius 3 is 1.30 bits per heavy atom. The van der Waals surface area contributed by atoms with Crippen LogP contribution in [0.5, 0.6) is 0 Å². The van der Waals surface area contributed by atoms with E-state index in [0.29, 0.717) is 5.46 Å². The van der Waals surface area contributed by atoms with Crippen LogP contribution in [-0.4, -0.2) is 21.7 Å². The fourth-order valence-electron chi connectivity index (χ4n) is 16.2. The van der Waals surface area contributed by atoms with Gasteiger partial charge in [-0.1, -0.05) is 233 Å². The second kappa shape index (κ2) is 18.4. The number of aromatic nitrogens is 1. The molecule has 87 heavy (non-hydrogen) atoms. The fraction of sp³-hybridized carbons (Fsp3) is 0.185. The summed E-state index contributed by atoms with van der Waals surface area (Å²) in [6.07, 6.45) is 0. The average molecular weight is 1130 g/mol. The Bertz CT molecular complexity index is 4880. The van der Waals surface area contributed by atoms with Gasteiger partial charge in [0, 0.05) is 43.5 Å². The van der Waals surface area contributed by atoms with Gasteiger partial charge in [-0.25, -0.2) is 0 Å². The molecule has 4 aliphatic heterocycles. The first-order valence-electron chi connectivity index (χ1n) is 30.9. The quantitative estimate of drug-likeness (QED) is 0.172. The van der Waals surface area contributed by atoms with Crippen LogP contribution < -0.4 is 15.3 Å². The maximum absolute atomic E-state index is 9.74. The van der Waals surface area contributed by atoms with Crippen LogP contribution in [0.3, 0.4) is 0 Å². The van der Waals surface area contributed by atoms with E-state index in [2.05, 4.69) is 296 Å². The first-order valence-corrected chi connectivity index (χ1v) is 30.9. The van der Waals surface area contributed by atoms with E-state index in [-0.39, 0.29) is 27.1 Å². The van der Waals surface area contributed by atoms with Crippen LogP contribution in [0.25, 0.3) is 60.9 Å². The minimum Gasteiger partial charge on any atom is -0.423 e. The van der Waals surface area contributed by atoms with E-state index in [9.17, 15) is 10.0 Å². The summed E-state index contributed by atoms with van der Waals surface area (Å²) in [7, 11) is -1.47. The van der Waals surface area contributed by atoms with Gasteiger partial charge in [0.2, 0.25) is 0 Å². The van der Waals surface area contributed by atoms with Crippen molar-refractivity contribution in [2.24, 2.45) is 0 Å². The summed E-state index contributed by atoms with van der Waals surface area (Å²) in [6, 6.07) is 85.1. The number of benzene rings is 11. The van der Waals surface area contributed by atoms with Crippen molar-refractivity contribution in [3.63, 3.8) is 0 Å². The molecule has 0 radical (unpaired) electrons. The summed E-state index contributed by atoms with van der Waals surface area (Å²) in [5.74, 6) is 0. The highest BCUT2D eigenvalue weighted by atomic mass is 16.4. The van der Waals surface area contributed by atoms with Gasteiger partial charge in [0.05, 0.1) is 45.2 Å². The van der Waals surface area contributed by atoms with Crippen LogP contribution in [0.15, 0.2) is 231 Å². The van der Waals surface area contributed by atoms with Crippen molar-refractivity contribution in [1.29, 1.82) is 0 Å². The lowest BCUT2D eigenvalue weighted by atomic mass is 9.65. The molecule has 12 aromatic rings. The minimum absolute atomic E-state index is 0.0900. The van der Waals surface area contributed by atoms with Gasteiger partial charge < -0.3 is 24.4 Å². The first kappa shape index (κ1) is 53.3. The Balaban J connectivity index is 0.000000183. The summed E-state index contributed by atoms with van der Waals surface area (Å²) in [5.41, 5.74) is 31.8. The number of rotatable bonds is 4. The molecule has 424 valence electrons. The summed E-state index contributed by atoms with van der Waals surface area (Å²) in [6.45, 7) is 23.4. The highest BCUT2D eigenvalue weighted by Gasteiger charge is 2.47. The molecule has 0 fully saturated rings. The second-order valence-electron chi connectivity index (χ2n) is 27.6. The Kier molecular flexibility index (Phi) is 11.3. The molecule has 11 aromatic carbocycles. The Morgan fingerprint density at radius 2 is 0.713 bits per heavy atom. The fourth-order valence-corrected chi connectivity index (χ4v) is 16.2. The Morgan fingerprint density at radius 1 is 0.287 bits per heavy atom. The van der Waals surface area contributed by atoms with Gasteiger partial charge in [0.15, 0.2) is 0 Å². The van der Waals surface area contributed by atoms with E-state index in [1.54, 1.807) is 0 Å². The maximum Gasteiger partial charge on any atom is 0.488 e. The molecule has 0 saturated carbocycles. The molecular weight excluding hydrogens is 1060 g/mol. The average Bonchev–Trinajstić information content (AvgIpc) is 1.42. The number of fused-ring (bicyclic) bond motifs is 14. The zero-order chi connectivity index (χ0) is 59.8. The highest BCUT2D eigenvalue weighted by molar-refractivity contribution is 6.58. The summed E-state index contributed by atoms with van der Waals surface area (Å²) < 4.78 is 2.49. The number of para-hydroxylation sites is 4. The lowest BCUT2D eigenvalue weighted by Gasteiger charge is -2.49. The zero-order valence-electron chi connectivity index (χ0n) is 51.3. The highest BCUT2D eigenvalue weighted by Crippen LogP contribution is 2.62. The van der Waals surface area contributed by atoms with Crippen molar-refractivity contribution in [1.82, 2.24) is 4.57 Å². The van der Waals surface area contributed by atoms with Crippen molar-refractivity contribution in [2.45, 2.75) is 96.3 Å². The van der Waals surface area contributed by atoms with Crippen molar-refractivity contribution >= 4 is 68.5 Å². The number of hydrogen-bond acceptors (Lipinski definition) is 4.